The molecule has 0 aliphatic carbocycles. The largest absolute Gasteiger partial charge is 0.466 e. The number of ether oxygens (including phenoxy) is 2. The zero-order valence-electron chi connectivity index (χ0n) is 11.3. The summed E-state index contributed by atoms with van der Waals surface area (Å²) < 4.78 is 9.75. The van der Waals surface area contributed by atoms with Gasteiger partial charge in [0.2, 0.25) is 0 Å². The van der Waals surface area contributed by atoms with E-state index in [1.165, 1.54) is 0 Å². The molecule has 17 heavy (non-hydrogen) atoms. The van der Waals surface area contributed by atoms with Gasteiger partial charge in [0.25, 0.3) is 0 Å². The molecule has 0 radical (unpaired) electrons. The lowest BCUT2D eigenvalue weighted by Crippen LogP contribution is -2.49. The Hall–Kier alpha value is -1.10. The third-order valence-corrected chi connectivity index (χ3v) is 1.85. The molecule has 0 unspecified atom stereocenters. The number of hydrogen-bond donors (Lipinski definition) is 1. The van der Waals surface area contributed by atoms with Gasteiger partial charge in [0.05, 0.1) is 19.6 Å². The molecule has 0 fully saturated rings. The van der Waals surface area contributed by atoms with E-state index < -0.39 is 18.0 Å². The summed E-state index contributed by atoms with van der Waals surface area (Å²) in [5.41, 5.74) is -0.274. The molecule has 0 heterocycles. The molecular weight excluding hydrogens is 222 g/mol. The molecular formula is C12H23NO4. The average molecular weight is 245 g/mol. The first-order chi connectivity index (χ1) is 7.80. The zero-order valence-corrected chi connectivity index (χ0v) is 11.3. The minimum atomic E-state index is -0.658. The fourth-order valence-electron chi connectivity index (χ4n) is 1.35. The normalized spacial score (nSPS) is 13.0. The Kier molecular flexibility index (Phi) is 6.80. The number of hydrogen-bond acceptors (Lipinski definition) is 5. The van der Waals surface area contributed by atoms with Crippen LogP contribution < -0.4 is 5.32 Å². The van der Waals surface area contributed by atoms with Crippen molar-refractivity contribution in [3.63, 3.8) is 0 Å². The van der Waals surface area contributed by atoms with Crippen LogP contribution in [0.2, 0.25) is 0 Å². The molecule has 0 aliphatic rings. The van der Waals surface area contributed by atoms with Gasteiger partial charge >= 0.3 is 11.9 Å². The predicted molar refractivity (Wildman–Crippen MR) is 64.6 cm³/mol. The first kappa shape index (κ1) is 15.9. The fourth-order valence-corrected chi connectivity index (χ4v) is 1.35. The monoisotopic (exact) mass is 245 g/mol. The van der Waals surface area contributed by atoms with Crippen LogP contribution in [0.3, 0.4) is 0 Å². The molecule has 5 heteroatoms. The summed E-state index contributed by atoms with van der Waals surface area (Å²) in [4.78, 5) is 23.0. The Morgan fingerprint density at radius 3 is 2.06 bits per heavy atom. The third-order valence-electron chi connectivity index (χ3n) is 1.85. The highest BCUT2D eigenvalue weighted by Gasteiger charge is 2.27. The number of nitrogens with one attached hydrogen (secondary N) is 1. The average Bonchev–Trinajstić information content (AvgIpc) is 2.15. The summed E-state index contributed by atoms with van der Waals surface area (Å²) in [6.45, 7) is 9.83. The molecule has 1 N–H and O–H groups in total. The third kappa shape index (κ3) is 7.74. The zero-order chi connectivity index (χ0) is 13.5. The van der Waals surface area contributed by atoms with E-state index >= 15 is 0 Å². The van der Waals surface area contributed by atoms with Gasteiger partial charge in [-0.2, -0.15) is 0 Å². The minimum absolute atomic E-state index is 0.00998. The maximum atomic E-state index is 11.7. The number of rotatable bonds is 6. The highest BCUT2D eigenvalue weighted by atomic mass is 16.5. The van der Waals surface area contributed by atoms with Crippen LogP contribution in [-0.2, 0) is 19.1 Å². The van der Waals surface area contributed by atoms with Crippen molar-refractivity contribution in [1.82, 2.24) is 5.32 Å². The SMILES string of the molecule is CCOC(=O)C[C@H](NC(C)(C)C)C(=O)OCC. The summed E-state index contributed by atoms with van der Waals surface area (Å²) in [5.74, 6) is -0.821. The van der Waals surface area contributed by atoms with Gasteiger partial charge in [-0.1, -0.05) is 0 Å². The highest BCUT2D eigenvalue weighted by molar-refractivity contribution is 5.82. The first-order valence-corrected chi connectivity index (χ1v) is 5.90. The van der Waals surface area contributed by atoms with Crippen molar-refractivity contribution in [1.29, 1.82) is 0 Å². The molecule has 0 aromatic heterocycles. The van der Waals surface area contributed by atoms with Crippen LogP contribution in [-0.4, -0.2) is 36.7 Å². The Morgan fingerprint density at radius 1 is 1.12 bits per heavy atom. The van der Waals surface area contributed by atoms with Crippen LogP contribution in [0.1, 0.15) is 41.0 Å². The fraction of sp³-hybridized carbons (Fsp3) is 0.833. The smallest absolute Gasteiger partial charge is 0.323 e. The van der Waals surface area contributed by atoms with Crippen LogP contribution in [0.4, 0.5) is 0 Å². The summed E-state index contributed by atoms with van der Waals surface area (Å²) in [6.07, 6.45) is -0.00998. The molecule has 0 rings (SSSR count). The van der Waals surface area contributed by atoms with Crippen LogP contribution in [0.25, 0.3) is 0 Å². The van der Waals surface area contributed by atoms with Crippen LogP contribution in [0.5, 0.6) is 0 Å². The molecule has 5 nitrogen and oxygen atoms in total. The van der Waals surface area contributed by atoms with Crippen molar-refractivity contribution in [2.45, 2.75) is 52.6 Å². The van der Waals surface area contributed by atoms with Gasteiger partial charge in [-0.05, 0) is 34.6 Å². The van der Waals surface area contributed by atoms with E-state index in [0.717, 1.165) is 0 Å². The molecule has 0 amide bonds. The highest BCUT2D eigenvalue weighted by Crippen LogP contribution is 2.06. The Labute approximate surface area is 103 Å². The van der Waals surface area contributed by atoms with E-state index in [4.69, 9.17) is 9.47 Å². The van der Waals surface area contributed by atoms with E-state index in [1.807, 2.05) is 20.8 Å². The maximum Gasteiger partial charge on any atom is 0.323 e. The van der Waals surface area contributed by atoms with Crippen molar-refractivity contribution >= 4 is 11.9 Å². The molecule has 0 spiro atoms. The van der Waals surface area contributed by atoms with Crippen molar-refractivity contribution in [3.8, 4) is 0 Å². The summed E-state index contributed by atoms with van der Waals surface area (Å²) in [7, 11) is 0. The topological polar surface area (TPSA) is 64.6 Å². The Morgan fingerprint density at radius 2 is 1.65 bits per heavy atom. The molecule has 0 aromatic rings. The van der Waals surface area contributed by atoms with Gasteiger partial charge in [-0.15, -0.1) is 0 Å². The van der Waals surface area contributed by atoms with Crippen molar-refractivity contribution in [2.75, 3.05) is 13.2 Å². The lowest BCUT2D eigenvalue weighted by Gasteiger charge is -2.26. The predicted octanol–water partition coefficient (Wildman–Crippen LogP) is 1.26. The van der Waals surface area contributed by atoms with Crippen LogP contribution in [0, 0.1) is 0 Å². The van der Waals surface area contributed by atoms with E-state index in [1.54, 1.807) is 13.8 Å². The van der Waals surface area contributed by atoms with Crippen molar-refractivity contribution in [3.05, 3.63) is 0 Å². The Balaban J connectivity index is 4.50. The molecule has 0 aromatic carbocycles. The van der Waals surface area contributed by atoms with E-state index in [-0.39, 0.29) is 12.0 Å². The molecule has 0 bridgehead atoms. The van der Waals surface area contributed by atoms with E-state index in [9.17, 15) is 9.59 Å². The maximum absolute atomic E-state index is 11.7. The first-order valence-electron chi connectivity index (χ1n) is 5.90. The molecule has 0 saturated heterocycles. The van der Waals surface area contributed by atoms with Crippen molar-refractivity contribution in [2.24, 2.45) is 0 Å². The lowest BCUT2D eigenvalue weighted by molar-refractivity contribution is -0.152. The van der Waals surface area contributed by atoms with Gasteiger partial charge < -0.3 is 9.47 Å². The molecule has 0 saturated carbocycles. The quantitative estimate of drug-likeness (QED) is 0.714. The molecule has 100 valence electrons. The Bertz CT molecular complexity index is 258. The second-order valence-corrected chi connectivity index (χ2v) is 4.71. The van der Waals surface area contributed by atoms with Crippen LogP contribution >= 0.6 is 0 Å². The molecule has 0 aliphatic heterocycles. The van der Waals surface area contributed by atoms with E-state index in [2.05, 4.69) is 5.32 Å². The number of carbonyl (C=O) groups is 2. The van der Waals surface area contributed by atoms with Gasteiger partial charge in [-0.25, -0.2) is 0 Å². The second kappa shape index (κ2) is 7.27. The number of carbonyl (C=O) groups excluding carboxylic acids is 2. The summed E-state index contributed by atoms with van der Waals surface area (Å²) >= 11 is 0. The van der Waals surface area contributed by atoms with Crippen molar-refractivity contribution < 1.29 is 19.1 Å². The van der Waals surface area contributed by atoms with Gasteiger partial charge in [0.1, 0.15) is 6.04 Å². The molecule has 1 atom stereocenters. The van der Waals surface area contributed by atoms with Gasteiger partial charge in [0.15, 0.2) is 0 Å². The summed E-state index contributed by atoms with van der Waals surface area (Å²) in [6, 6.07) is -0.658. The summed E-state index contributed by atoms with van der Waals surface area (Å²) in [5, 5.41) is 3.05. The minimum Gasteiger partial charge on any atom is -0.466 e. The van der Waals surface area contributed by atoms with Gasteiger partial charge in [0, 0.05) is 5.54 Å². The number of esters is 2. The van der Waals surface area contributed by atoms with E-state index in [0.29, 0.717) is 13.2 Å². The standard InChI is InChI=1S/C12H23NO4/c1-6-16-10(14)8-9(11(15)17-7-2)13-12(3,4)5/h9,13H,6-8H2,1-5H3/t9-/m0/s1. The lowest BCUT2D eigenvalue weighted by atomic mass is 10.1. The van der Waals surface area contributed by atoms with Crippen LogP contribution in [0.15, 0.2) is 0 Å². The van der Waals surface area contributed by atoms with Gasteiger partial charge in [-0.3, -0.25) is 14.9 Å². The second-order valence-electron chi connectivity index (χ2n) is 4.71.